The lowest BCUT2D eigenvalue weighted by Gasteiger charge is -2.28. The Labute approximate surface area is 115 Å². The summed E-state index contributed by atoms with van der Waals surface area (Å²) in [5.41, 5.74) is -0.0830. The third-order valence-electron chi connectivity index (χ3n) is 3.65. The van der Waals surface area contributed by atoms with Gasteiger partial charge in [0.2, 0.25) is 0 Å². The molecule has 1 N–H and O–H groups in total. The van der Waals surface area contributed by atoms with Gasteiger partial charge < -0.3 is 14.7 Å². The first-order valence-corrected chi connectivity index (χ1v) is 6.28. The molecule has 1 aromatic rings. The van der Waals surface area contributed by atoms with Crippen molar-refractivity contribution in [3.05, 3.63) is 33.9 Å². The number of aromatic carboxylic acids is 1. The van der Waals surface area contributed by atoms with Gasteiger partial charge in [0.1, 0.15) is 5.56 Å². The first-order valence-electron chi connectivity index (χ1n) is 6.28. The first kappa shape index (κ1) is 14.3. The molecule has 1 saturated heterocycles. The highest BCUT2D eigenvalue weighted by molar-refractivity contribution is 5.93. The van der Waals surface area contributed by atoms with E-state index in [-0.39, 0.29) is 17.7 Å². The molecular formula is C13H16N2O5. The van der Waals surface area contributed by atoms with Crippen molar-refractivity contribution in [3.63, 3.8) is 0 Å². The van der Waals surface area contributed by atoms with Crippen LogP contribution in [-0.4, -0.2) is 41.8 Å². The van der Waals surface area contributed by atoms with E-state index in [2.05, 4.69) is 0 Å². The topological polar surface area (TPSA) is 92.9 Å². The summed E-state index contributed by atoms with van der Waals surface area (Å²) in [6.07, 6.45) is 0.879. The highest BCUT2D eigenvalue weighted by atomic mass is 16.6. The SMILES string of the molecule is CC1OCCC1N(C)c1ccc(C(=O)O)c([N+](=O)[O-])c1. The van der Waals surface area contributed by atoms with Crippen LogP contribution < -0.4 is 4.90 Å². The van der Waals surface area contributed by atoms with Gasteiger partial charge in [0.05, 0.1) is 17.1 Å². The molecule has 1 fully saturated rings. The number of carboxylic acid groups (broad SMARTS) is 1. The third-order valence-corrected chi connectivity index (χ3v) is 3.65. The number of carboxylic acids is 1. The van der Waals surface area contributed by atoms with Crippen LogP contribution in [-0.2, 0) is 4.74 Å². The molecule has 0 amide bonds. The van der Waals surface area contributed by atoms with Gasteiger partial charge in [-0.2, -0.15) is 0 Å². The Bertz CT molecular complexity index is 546. The summed E-state index contributed by atoms with van der Waals surface area (Å²) in [5, 5.41) is 19.9. The van der Waals surface area contributed by atoms with Gasteiger partial charge in [0.15, 0.2) is 0 Å². The fraction of sp³-hybridized carbons (Fsp3) is 0.462. The van der Waals surface area contributed by atoms with Crippen LogP contribution in [0.4, 0.5) is 11.4 Å². The van der Waals surface area contributed by atoms with Crippen LogP contribution in [0.25, 0.3) is 0 Å². The summed E-state index contributed by atoms with van der Waals surface area (Å²) in [6, 6.07) is 4.29. The van der Waals surface area contributed by atoms with E-state index in [4.69, 9.17) is 9.84 Å². The molecule has 108 valence electrons. The Kier molecular flexibility index (Phi) is 3.89. The van der Waals surface area contributed by atoms with Crippen LogP contribution >= 0.6 is 0 Å². The van der Waals surface area contributed by atoms with E-state index >= 15 is 0 Å². The van der Waals surface area contributed by atoms with Crippen LogP contribution in [0.5, 0.6) is 0 Å². The fourth-order valence-electron chi connectivity index (χ4n) is 2.49. The lowest BCUT2D eigenvalue weighted by molar-refractivity contribution is -0.385. The minimum absolute atomic E-state index is 0.0400. The smallest absolute Gasteiger partial charge is 0.342 e. The molecule has 2 atom stereocenters. The second kappa shape index (κ2) is 5.46. The van der Waals surface area contributed by atoms with Crippen LogP contribution in [0.2, 0.25) is 0 Å². The van der Waals surface area contributed by atoms with Crippen molar-refractivity contribution in [3.8, 4) is 0 Å². The van der Waals surface area contributed by atoms with Gasteiger partial charge >= 0.3 is 5.97 Å². The predicted molar refractivity (Wildman–Crippen MR) is 72.3 cm³/mol. The highest BCUT2D eigenvalue weighted by Gasteiger charge is 2.29. The van der Waals surface area contributed by atoms with Gasteiger partial charge in [0, 0.05) is 25.4 Å². The maximum Gasteiger partial charge on any atom is 0.342 e. The van der Waals surface area contributed by atoms with Crippen molar-refractivity contribution in [1.82, 2.24) is 0 Å². The second-order valence-corrected chi connectivity index (χ2v) is 4.81. The highest BCUT2D eigenvalue weighted by Crippen LogP contribution is 2.29. The van der Waals surface area contributed by atoms with Gasteiger partial charge in [-0.1, -0.05) is 0 Å². The van der Waals surface area contributed by atoms with E-state index in [1.807, 2.05) is 18.9 Å². The minimum Gasteiger partial charge on any atom is -0.477 e. The zero-order valence-electron chi connectivity index (χ0n) is 11.3. The van der Waals surface area contributed by atoms with E-state index in [9.17, 15) is 14.9 Å². The van der Waals surface area contributed by atoms with Gasteiger partial charge in [-0.15, -0.1) is 0 Å². The van der Waals surface area contributed by atoms with Gasteiger partial charge in [0.25, 0.3) is 5.69 Å². The largest absolute Gasteiger partial charge is 0.477 e. The maximum atomic E-state index is 11.0. The monoisotopic (exact) mass is 280 g/mol. The third kappa shape index (κ3) is 2.57. The quantitative estimate of drug-likeness (QED) is 0.669. The van der Waals surface area contributed by atoms with E-state index in [1.54, 1.807) is 6.07 Å². The summed E-state index contributed by atoms with van der Waals surface area (Å²) in [7, 11) is 1.83. The molecule has 2 rings (SSSR count). The molecule has 0 aromatic heterocycles. The van der Waals surface area contributed by atoms with Crippen LogP contribution in [0, 0.1) is 10.1 Å². The van der Waals surface area contributed by atoms with Crippen molar-refractivity contribution in [1.29, 1.82) is 0 Å². The number of ether oxygens (including phenoxy) is 1. The van der Waals surface area contributed by atoms with Crippen molar-refractivity contribution >= 4 is 17.3 Å². The molecule has 1 aliphatic rings. The van der Waals surface area contributed by atoms with E-state index < -0.39 is 16.6 Å². The molecule has 1 aromatic carbocycles. The molecule has 0 radical (unpaired) electrons. The number of nitro benzene ring substituents is 1. The maximum absolute atomic E-state index is 11.0. The summed E-state index contributed by atoms with van der Waals surface area (Å²) in [6.45, 7) is 2.61. The van der Waals surface area contributed by atoms with Crippen LogP contribution in [0.1, 0.15) is 23.7 Å². The Morgan fingerprint density at radius 3 is 2.75 bits per heavy atom. The Morgan fingerprint density at radius 2 is 2.25 bits per heavy atom. The molecule has 0 spiro atoms. The molecule has 0 saturated carbocycles. The normalized spacial score (nSPS) is 21.7. The van der Waals surface area contributed by atoms with Crippen molar-refractivity contribution in [2.24, 2.45) is 0 Å². The average Bonchev–Trinajstić information content (AvgIpc) is 2.83. The number of nitro groups is 1. The Hall–Kier alpha value is -2.15. The summed E-state index contributed by atoms with van der Waals surface area (Å²) >= 11 is 0. The molecule has 2 unspecified atom stereocenters. The van der Waals surface area contributed by atoms with Crippen LogP contribution in [0.15, 0.2) is 18.2 Å². The van der Waals surface area contributed by atoms with E-state index in [0.29, 0.717) is 12.3 Å². The molecule has 1 heterocycles. The number of anilines is 1. The second-order valence-electron chi connectivity index (χ2n) is 4.81. The zero-order chi connectivity index (χ0) is 14.9. The minimum atomic E-state index is -1.30. The predicted octanol–water partition coefficient (Wildman–Crippen LogP) is 1.91. The average molecular weight is 280 g/mol. The number of hydrogen-bond donors (Lipinski definition) is 1. The van der Waals surface area contributed by atoms with Crippen LogP contribution in [0.3, 0.4) is 0 Å². The standard InChI is InChI=1S/C13H16N2O5/c1-8-11(5-6-20-8)14(2)9-3-4-10(13(16)17)12(7-9)15(18)19/h3-4,7-8,11H,5-6H2,1-2H3,(H,16,17). The van der Waals surface area contributed by atoms with Gasteiger partial charge in [-0.3, -0.25) is 10.1 Å². The Morgan fingerprint density at radius 1 is 1.55 bits per heavy atom. The zero-order valence-corrected chi connectivity index (χ0v) is 11.3. The number of likely N-dealkylation sites (N-methyl/N-ethyl adjacent to an activating group) is 1. The van der Waals surface area contributed by atoms with Gasteiger partial charge in [-0.25, -0.2) is 4.79 Å². The molecule has 0 bridgehead atoms. The van der Waals surface area contributed by atoms with E-state index in [1.165, 1.54) is 12.1 Å². The molecular weight excluding hydrogens is 264 g/mol. The number of hydrogen-bond acceptors (Lipinski definition) is 5. The van der Waals surface area contributed by atoms with Gasteiger partial charge in [-0.05, 0) is 25.5 Å². The first-order chi connectivity index (χ1) is 9.41. The molecule has 1 aliphatic heterocycles. The molecule has 20 heavy (non-hydrogen) atoms. The van der Waals surface area contributed by atoms with Crippen molar-refractivity contribution in [2.45, 2.75) is 25.5 Å². The lowest BCUT2D eigenvalue weighted by atomic mass is 10.1. The van der Waals surface area contributed by atoms with E-state index in [0.717, 1.165) is 6.42 Å². The number of carbonyl (C=O) groups is 1. The lowest BCUT2D eigenvalue weighted by Crippen LogP contribution is -2.36. The fourth-order valence-corrected chi connectivity index (χ4v) is 2.49. The molecule has 7 heteroatoms. The Balaban J connectivity index is 2.35. The molecule has 0 aliphatic carbocycles. The summed E-state index contributed by atoms with van der Waals surface area (Å²) in [4.78, 5) is 23.2. The molecule has 7 nitrogen and oxygen atoms in total. The number of rotatable bonds is 4. The number of nitrogens with zero attached hydrogens (tertiary/aromatic N) is 2. The summed E-state index contributed by atoms with van der Waals surface area (Å²) < 4.78 is 5.48. The number of benzene rings is 1. The summed E-state index contributed by atoms with van der Waals surface area (Å²) in [5.74, 6) is -1.30. The van der Waals surface area contributed by atoms with Crippen molar-refractivity contribution < 1.29 is 19.6 Å². The van der Waals surface area contributed by atoms with Crippen molar-refractivity contribution in [2.75, 3.05) is 18.6 Å².